The number of thiophene rings is 1. The fraction of sp³-hybridized carbons (Fsp3) is 0.312. The van der Waals surface area contributed by atoms with Gasteiger partial charge in [0.15, 0.2) is 5.17 Å². The summed E-state index contributed by atoms with van der Waals surface area (Å²) in [6.07, 6.45) is 0. The third-order valence-corrected chi connectivity index (χ3v) is 6.40. The van der Waals surface area contributed by atoms with Gasteiger partial charge in [-0.1, -0.05) is 37.2 Å². The number of thioether (sulfide) groups is 1. The Balaban J connectivity index is 1.99. The van der Waals surface area contributed by atoms with E-state index >= 15 is 0 Å². The molecular weight excluding hydrogens is 320 g/mol. The molecule has 2 nitrogen and oxygen atoms in total. The first-order chi connectivity index (χ1) is 10.1. The zero-order chi connectivity index (χ0) is 14.6. The van der Waals surface area contributed by atoms with Crippen molar-refractivity contribution >= 4 is 55.7 Å². The zero-order valence-corrected chi connectivity index (χ0v) is 14.3. The number of halogens is 1. The van der Waals surface area contributed by atoms with Gasteiger partial charge in [0.2, 0.25) is 0 Å². The van der Waals surface area contributed by atoms with E-state index in [9.17, 15) is 0 Å². The van der Waals surface area contributed by atoms with Crippen LogP contribution < -0.4 is 0 Å². The molecule has 0 spiro atoms. The van der Waals surface area contributed by atoms with Gasteiger partial charge in [-0.25, -0.2) is 0 Å². The summed E-state index contributed by atoms with van der Waals surface area (Å²) in [6.45, 7) is 6.38. The van der Waals surface area contributed by atoms with Crippen LogP contribution in [0.4, 0.5) is 0 Å². The van der Waals surface area contributed by atoms with Gasteiger partial charge in [0, 0.05) is 26.7 Å². The monoisotopic (exact) mass is 334 g/mol. The summed E-state index contributed by atoms with van der Waals surface area (Å²) in [5.74, 6) is 0.493. The first-order valence-electron chi connectivity index (χ1n) is 7.06. The minimum Gasteiger partial charge on any atom is -0.318 e. The molecule has 1 aromatic carbocycles. The molecule has 108 valence electrons. The Morgan fingerprint density at radius 1 is 1.33 bits per heavy atom. The van der Waals surface area contributed by atoms with Crippen LogP contribution in [0.25, 0.3) is 15.8 Å². The van der Waals surface area contributed by atoms with Gasteiger partial charge < -0.3 is 4.90 Å². The average Bonchev–Trinajstić information content (AvgIpc) is 3.11. The quantitative estimate of drug-likeness (QED) is 0.740. The summed E-state index contributed by atoms with van der Waals surface area (Å²) in [5, 5.41) is 5.33. The Labute approximate surface area is 137 Å². The predicted molar refractivity (Wildman–Crippen MR) is 95.2 cm³/mol. The summed E-state index contributed by atoms with van der Waals surface area (Å²) in [5.41, 5.74) is 2.58. The fourth-order valence-electron chi connectivity index (χ4n) is 2.89. The maximum Gasteiger partial charge on any atom is 0.168 e. The van der Waals surface area contributed by atoms with Crippen LogP contribution >= 0.6 is 34.7 Å². The highest BCUT2D eigenvalue weighted by Crippen LogP contribution is 2.47. The van der Waals surface area contributed by atoms with E-state index < -0.39 is 0 Å². The van der Waals surface area contributed by atoms with Crippen molar-refractivity contribution in [3.63, 3.8) is 0 Å². The second-order valence-corrected chi connectivity index (χ2v) is 7.94. The van der Waals surface area contributed by atoms with Gasteiger partial charge in [-0.05, 0) is 34.9 Å². The zero-order valence-electron chi connectivity index (χ0n) is 11.9. The molecule has 0 saturated carbocycles. The van der Waals surface area contributed by atoms with E-state index in [1.165, 1.54) is 26.3 Å². The maximum atomic E-state index is 6.36. The van der Waals surface area contributed by atoms with Crippen LogP contribution in [-0.2, 0) is 0 Å². The van der Waals surface area contributed by atoms with E-state index in [1.807, 2.05) is 17.8 Å². The highest BCUT2D eigenvalue weighted by molar-refractivity contribution is 8.17. The lowest BCUT2D eigenvalue weighted by molar-refractivity contribution is 0.641. The smallest absolute Gasteiger partial charge is 0.168 e. The van der Waals surface area contributed by atoms with Gasteiger partial charge >= 0.3 is 0 Å². The summed E-state index contributed by atoms with van der Waals surface area (Å²) < 4.78 is 1.32. The fourth-order valence-corrected chi connectivity index (χ4v) is 5.21. The first kappa shape index (κ1) is 13.7. The number of rotatable bonds is 2. The molecule has 0 radical (unpaired) electrons. The van der Waals surface area contributed by atoms with Crippen LogP contribution in [-0.4, -0.2) is 23.2 Å². The van der Waals surface area contributed by atoms with Crippen molar-refractivity contribution in [2.75, 3.05) is 13.1 Å². The molecule has 2 aliphatic heterocycles. The lowest BCUT2D eigenvalue weighted by Gasteiger charge is -2.19. The molecule has 0 atom stereocenters. The minimum absolute atomic E-state index is 0.493. The predicted octanol–water partition coefficient (Wildman–Crippen LogP) is 5.30. The van der Waals surface area contributed by atoms with E-state index in [2.05, 4.69) is 41.3 Å². The summed E-state index contributed by atoms with van der Waals surface area (Å²) >= 11 is 9.97. The molecule has 5 heteroatoms. The molecule has 0 saturated heterocycles. The molecule has 0 bridgehead atoms. The second kappa shape index (κ2) is 5.04. The van der Waals surface area contributed by atoms with Gasteiger partial charge in [-0.3, -0.25) is 4.99 Å². The number of aliphatic imine (C=N–C) groups is 1. The van der Waals surface area contributed by atoms with Gasteiger partial charge in [-0.15, -0.1) is 11.3 Å². The lowest BCUT2D eigenvalue weighted by atomic mass is 10.0. The number of fused-ring (bicyclic) bond motifs is 2. The van der Waals surface area contributed by atoms with E-state index in [1.54, 1.807) is 11.3 Å². The third-order valence-electron chi connectivity index (χ3n) is 3.80. The average molecular weight is 335 g/mol. The van der Waals surface area contributed by atoms with Crippen LogP contribution in [0, 0.1) is 5.92 Å². The second-order valence-electron chi connectivity index (χ2n) is 5.58. The van der Waals surface area contributed by atoms with Gasteiger partial charge in [-0.2, -0.15) is 0 Å². The Hall–Kier alpha value is -0.970. The number of allylic oxidation sites excluding steroid dienone is 1. The molecular formula is C16H15ClN2S2. The van der Waals surface area contributed by atoms with Gasteiger partial charge in [0.1, 0.15) is 0 Å². The van der Waals surface area contributed by atoms with E-state index in [4.69, 9.17) is 11.6 Å². The van der Waals surface area contributed by atoms with E-state index in [-0.39, 0.29) is 0 Å². The molecule has 0 amide bonds. The van der Waals surface area contributed by atoms with Crippen LogP contribution in [0.15, 0.2) is 33.5 Å². The third kappa shape index (κ3) is 2.12. The number of hydrogen-bond donors (Lipinski definition) is 0. The van der Waals surface area contributed by atoms with Gasteiger partial charge in [0.25, 0.3) is 0 Å². The first-order valence-corrected chi connectivity index (χ1v) is 9.13. The summed E-state index contributed by atoms with van der Waals surface area (Å²) in [6, 6.07) is 6.31. The van der Waals surface area contributed by atoms with Crippen LogP contribution in [0.5, 0.6) is 0 Å². The SMILES string of the molecule is CC(C)C1=C(c2cc(Cl)cc3ccsc23)N2CCN=C2S1. The topological polar surface area (TPSA) is 15.6 Å². The number of hydrogen-bond acceptors (Lipinski definition) is 4. The van der Waals surface area contributed by atoms with Crippen molar-refractivity contribution in [1.82, 2.24) is 4.90 Å². The maximum absolute atomic E-state index is 6.36. The van der Waals surface area contributed by atoms with Crippen molar-refractivity contribution in [3.05, 3.63) is 39.1 Å². The number of nitrogens with zero attached hydrogens (tertiary/aromatic N) is 2. The minimum atomic E-state index is 0.493. The molecule has 4 rings (SSSR count). The highest BCUT2D eigenvalue weighted by atomic mass is 35.5. The Kier molecular flexibility index (Phi) is 3.28. The van der Waals surface area contributed by atoms with Crippen LogP contribution in [0.3, 0.4) is 0 Å². The number of amidine groups is 1. The molecule has 2 aromatic rings. The van der Waals surface area contributed by atoms with Crippen molar-refractivity contribution < 1.29 is 0 Å². The lowest BCUT2D eigenvalue weighted by Crippen LogP contribution is -2.20. The molecule has 1 aromatic heterocycles. The molecule has 0 fully saturated rings. The molecule has 2 aliphatic rings. The Morgan fingerprint density at radius 2 is 2.19 bits per heavy atom. The molecule has 3 heterocycles. The summed E-state index contributed by atoms with van der Waals surface area (Å²) in [7, 11) is 0. The number of benzene rings is 1. The standard InChI is InChI=1S/C16H15ClN2S2/c1-9(2)14-13(19-5-4-18-16(19)21-14)12-8-11(17)7-10-3-6-20-15(10)12/h3,6-9H,4-5H2,1-2H3. The molecule has 0 aliphatic carbocycles. The molecule has 21 heavy (non-hydrogen) atoms. The van der Waals surface area contributed by atoms with Crippen LogP contribution in [0.1, 0.15) is 19.4 Å². The molecule has 0 unspecified atom stereocenters. The molecule has 0 N–H and O–H groups in total. The Morgan fingerprint density at radius 3 is 3.00 bits per heavy atom. The van der Waals surface area contributed by atoms with Crippen molar-refractivity contribution in [2.45, 2.75) is 13.8 Å². The normalized spacial score (nSPS) is 18.1. The van der Waals surface area contributed by atoms with Crippen molar-refractivity contribution in [2.24, 2.45) is 10.9 Å². The van der Waals surface area contributed by atoms with Crippen LogP contribution in [0.2, 0.25) is 5.02 Å². The summed E-state index contributed by atoms with van der Waals surface area (Å²) in [4.78, 5) is 8.40. The highest BCUT2D eigenvalue weighted by Gasteiger charge is 2.34. The van der Waals surface area contributed by atoms with Gasteiger partial charge in [0.05, 0.1) is 12.2 Å². The van der Waals surface area contributed by atoms with E-state index in [0.29, 0.717) is 5.92 Å². The largest absolute Gasteiger partial charge is 0.318 e. The van der Waals surface area contributed by atoms with E-state index in [0.717, 1.165) is 23.3 Å². The van der Waals surface area contributed by atoms with Crippen molar-refractivity contribution in [1.29, 1.82) is 0 Å². The van der Waals surface area contributed by atoms with Crippen molar-refractivity contribution in [3.8, 4) is 0 Å². The Bertz CT molecular complexity index is 789.